The lowest BCUT2D eigenvalue weighted by Crippen LogP contribution is -2.31. The summed E-state index contributed by atoms with van der Waals surface area (Å²) in [5.74, 6) is 0. The number of benzene rings is 2. The molecule has 0 aromatic heterocycles. The Morgan fingerprint density at radius 2 is 1.23 bits per heavy atom. The molecule has 238 valence electrons. The highest BCUT2D eigenvalue weighted by Gasteiger charge is 2.19. The lowest BCUT2D eigenvalue weighted by molar-refractivity contribution is 0.0889. The lowest BCUT2D eigenvalue weighted by Gasteiger charge is -2.22. The molecule has 0 bridgehead atoms. The van der Waals surface area contributed by atoms with Gasteiger partial charge in [-0.3, -0.25) is 30.1 Å². The van der Waals surface area contributed by atoms with Gasteiger partial charge < -0.3 is 9.47 Å². The molecule has 2 N–H and O–H groups in total. The third-order valence-corrected chi connectivity index (χ3v) is 6.15. The van der Waals surface area contributed by atoms with Crippen molar-refractivity contribution < 1.29 is 38.3 Å². The number of hydrogen-bond acceptors (Lipinski definition) is 10. The van der Waals surface area contributed by atoms with Gasteiger partial charge in [-0.1, -0.05) is 36.3 Å². The second-order valence-electron chi connectivity index (χ2n) is 9.68. The first kappa shape index (κ1) is 35.1. The minimum Gasteiger partial charge on any atom is -0.449 e. The number of oxime groups is 2. The molecule has 0 saturated heterocycles. The van der Waals surface area contributed by atoms with Gasteiger partial charge in [0.1, 0.15) is 6.10 Å². The van der Waals surface area contributed by atoms with Crippen LogP contribution in [-0.4, -0.2) is 62.6 Å². The summed E-state index contributed by atoms with van der Waals surface area (Å²) < 4.78 is 10.8. The van der Waals surface area contributed by atoms with Crippen molar-refractivity contribution in [2.75, 3.05) is 41.1 Å². The highest BCUT2D eigenvalue weighted by atomic mass is 16.7. The summed E-state index contributed by atoms with van der Waals surface area (Å²) in [6, 6.07) is 13.1. The van der Waals surface area contributed by atoms with Gasteiger partial charge in [0.05, 0.1) is 18.0 Å². The number of nitrogens with one attached hydrogen (secondary N) is 2. The smallest absolute Gasteiger partial charge is 0.437 e. The van der Waals surface area contributed by atoms with Crippen LogP contribution in [0.5, 0.6) is 0 Å². The molecular formula is C30H40N6O8. The van der Waals surface area contributed by atoms with Crippen LogP contribution in [-0.2, 0) is 19.1 Å². The van der Waals surface area contributed by atoms with E-state index in [1.807, 2.05) is 13.8 Å². The number of carbonyl (C=O) groups excluding carboxylic acids is 4. The first-order valence-corrected chi connectivity index (χ1v) is 14.0. The molecule has 0 radical (unpaired) electrons. The molecule has 14 heteroatoms. The zero-order valence-corrected chi connectivity index (χ0v) is 26.1. The highest BCUT2D eigenvalue weighted by Crippen LogP contribution is 2.21. The maximum atomic E-state index is 12.7. The van der Waals surface area contributed by atoms with E-state index in [1.165, 1.54) is 23.9 Å². The second kappa shape index (κ2) is 17.7. The van der Waals surface area contributed by atoms with Gasteiger partial charge in [0.25, 0.3) is 0 Å². The molecule has 2 rings (SSSR count). The Bertz CT molecular complexity index is 1360. The van der Waals surface area contributed by atoms with Crippen molar-refractivity contribution in [2.45, 2.75) is 60.0 Å². The van der Waals surface area contributed by atoms with Gasteiger partial charge in [-0.15, -0.1) is 0 Å². The van der Waals surface area contributed by atoms with Crippen molar-refractivity contribution in [1.29, 1.82) is 0 Å². The number of nitrogens with zero attached hydrogens (tertiary/aromatic N) is 4. The summed E-state index contributed by atoms with van der Waals surface area (Å²) in [4.78, 5) is 61.3. The molecule has 4 amide bonds. The fourth-order valence-corrected chi connectivity index (χ4v) is 3.16. The number of anilines is 4. The molecule has 0 aliphatic rings. The molecule has 0 heterocycles. The molecule has 0 aliphatic heterocycles. The van der Waals surface area contributed by atoms with Crippen LogP contribution in [0.1, 0.15) is 53.9 Å². The minimum absolute atomic E-state index is 0.0120. The summed E-state index contributed by atoms with van der Waals surface area (Å²) in [5.41, 5.74) is 3.07. The van der Waals surface area contributed by atoms with Gasteiger partial charge in [-0.25, -0.2) is 19.2 Å². The summed E-state index contributed by atoms with van der Waals surface area (Å²) >= 11 is 0. The molecule has 0 saturated carbocycles. The second-order valence-corrected chi connectivity index (χ2v) is 9.68. The van der Waals surface area contributed by atoms with Crippen LogP contribution in [0.15, 0.2) is 58.8 Å². The van der Waals surface area contributed by atoms with Gasteiger partial charge in [-0.2, -0.15) is 0 Å². The van der Waals surface area contributed by atoms with E-state index in [4.69, 9.17) is 19.1 Å². The quantitative estimate of drug-likeness (QED) is 0.147. The van der Waals surface area contributed by atoms with E-state index in [1.54, 1.807) is 69.3 Å². The van der Waals surface area contributed by atoms with Crippen molar-refractivity contribution in [2.24, 2.45) is 10.3 Å². The fourth-order valence-electron chi connectivity index (χ4n) is 3.16. The van der Waals surface area contributed by atoms with Crippen molar-refractivity contribution in [3.8, 4) is 0 Å². The molecule has 2 aromatic rings. The van der Waals surface area contributed by atoms with Crippen molar-refractivity contribution >= 4 is 58.5 Å². The zero-order valence-electron chi connectivity index (χ0n) is 26.1. The molecule has 44 heavy (non-hydrogen) atoms. The van der Waals surface area contributed by atoms with Crippen LogP contribution >= 0.6 is 0 Å². The SMILES string of the molecule is CCC(C)=NOC(=O)Nc1cccc(N(C)C(=O)OC(C)CCOC(=O)N(C)c2cccc(NC(=O)O/N=C(\C)CC)c2)c1. The average molecular weight is 613 g/mol. The number of carbonyl (C=O) groups is 4. The summed E-state index contributed by atoms with van der Waals surface area (Å²) in [6.45, 7) is 8.92. The molecule has 0 spiro atoms. The monoisotopic (exact) mass is 612 g/mol. The van der Waals surface area contributed by atoms with Gasteiger partial charge in [0.15, 0.2) is 0 Å². The predicted octanol–water partition coefficient (Wildman–Crippen LogP) is 6.98. The van der Waals surface area contributed by atoms with Gasteiger partial charge >= 0.3 is 24.4 Å². The van der Waals surface area contributed by atoms with E-state index < -0.39 is 30.5 Å². The van der Waals surface area contributed by atoms with Crippen LogP contribution in [0.25, 0.3) is 0 Å². The number of rotatable bonds is 12. The molecule has 2 aromatic carbocycles. The van der Waals surface area contributed by atoms with E-state index in [0.717, 1.165) is 0 Å². The Morgan fingerprint density at radius 1 is 0.773 bits per heavy atom. The predicted molar refractivity (Wildman–Crippen MR) is 169 cm³/mol. The van der Waals surface area contributed by atoms with E-state index in [9.17, 15) is 19.2 Å². The maximum absolute atomic E-state index is 12.7. The zero-order chi connectivity index (χ0) is 32.6. The largest absolute Gasteiger partial charge is 0.449 e. The number of amides is 4. The van der Waals surface area contributed by atoms with E-state index >= 15 is 0 Å². The molecule has 14 nitrogen and oxygen atoms in total. The third kappa shape index (κ3) is 12.0. The third-order valence-electron chi connectivity index (χ3n) is 6.15. The standard InChI is InChI=1S/C30H40N6O8/c1-8-20(3)33-43-27(37)31-23-12-10-14-25(18-23)35(6)29(39)41-17-16-22(5)42-30(40)36(7)26-15-11-13-24(19-26)32-28(38)44-34-21(4)9-2/h10-15,18-19,22H,8-9,16-17H2,1-7H3,(H,31,37)(H,32,38)/b33-20+,34-21?. The number of ether oxygens (including phenoxy) is 2. The average Bonchev–Trinajstić information content (AvgIpc) is 3.01. The Labute approximate surface area is 256 Å². The van der Waals surface area contributed by atoms with Crippen LogP contribution in [0, 0.1) is 0 Å². The van der Waals surface area contributed by atoms with Gasteiger partial charge in [0.2, 0.25) is 0 Å². The van der Waals surface area contributed by atoms with E-state index in [2.05, 4.69) is 20.9 Å². The Kier molecular flexibility index (Phi) is 14.1. The first-order valence-electron chi connectivity index (χ1n) is 14.0. The Morgan fingerprint density at radius 3 is 1.68 bits per heavy atom. The molecular weight excluding hydrogens is 572 g/mol. The lowest BCUT2D eigenvalue weighted by atomic mass is 10.2. The van der Waals surface area contributed by atoms with Crippen molar-refractivity contribution in [3.05, 3.63) is 48.5 Å². The van der Waals surface area contributed by atoms with E-state index in [0.29, 0.717) is 47.0 Å². The molecule has 1 unspecified atom stereocenters. The topological polar surface area (TPSA) is 160 Å². The summed E-state index contributed by atoms with van der Waals surface area (Å²) in [5, 5.41) is 12.5. The van der Waals surface area contributed by atoms with Crippen LogP contribution < -0.4 is 20.4 Å². The van der Waals surface area contributed by atoms with Crippen LogP contribution in [0.4, 0.5) is 41.9 Å². The van der Waals surface area contributed by atoms with Crippen molar-refractivity contribution in [3.63, 3.8) is 0 Å². The Hall–Kier alpha value is -5.14. The number of hydrogen-bond donors (Lipinski definition) is 2. The molecule has 1 atom stereocenters. The van der Waals surface area contributed by atoms with Gasteiger partial charge in [0, 0.05) is 43.3 Å². The Balaban J connectivity index is 1.83. The first-order chi connectivity index (χ1) is 20.9. The van der Waals surface area contributed by atoms with E-state index in [-0.39, 0.29) is 13.0 Å². The fraction of sp³-hybridized carbons (Fsp3) is 0.400. The molecule has 0 aliphatic carbocycles. The normalized spacial score (nSPS) is 12.0. The van der Waals surface area contributed by atoms with Gasteiger partial charge in [-0.05, 0) is 70.0 Å². The maximum Gasteiger partial charge on any atom is 0.437 e. The summed E-state index contributed by atoms with van der Waals surface area (Å²) in [6.07, 6.45) is -1.82. The van der Waals surface area contributed by atoms with Crippen LogP contribution in [0.2, 0.25) is 0 Å². The molecule has 0 fully saturated rings. The summed E-state index contributed by atoms with van der Waals surface area (Å²) in [7, 11) is 3.05. The highest BCUT2D eigenvalue weighted by molar-refractivity contribution is 5.91. The van der Waals surface area contributed by atoms with Crippen molar-refractivity contribution in [1.82, 2.24) is 0 Å². The van der Waals surface area contributed by atoms with Crippen LogP contribution in [0.3, 0.4) is 0 Å². The minimum atomic E-state index is -0.758.